The van der Waals surface area contributed by atoms with Crippen molar-refractivity contribution in [2.24, 2.45) is 0 Å². The quantitative estimate of drug-likeness (QED) is 0.417. The van der Waals surface area contributed by atoms with Crippen molar-refractivity contribution in [1.29, 1.82) is 0 Å². The Morgan fingerprint density at radius 3 is 2.26 bits per heavy atom. The van der Waals surface area contributed by atoms with Crippen LogP contribution in [-0.4, -0.2) is 48.9 Å². The highest BCUT2D eigenvalue weighted by Crippen LogP contribution is 2.24. The lowest BCUT2D eigenvalue weighted by atomic mass is 9.91. The summed E-state index contributed by atoms with van der Waals surface area (Å²) < 4.78 is 15.3. The normalized spacial score (nSPS) is 13.2. The van der Waals surface area contributed by atoms with E-state index in [0.717, 1.165) is 0 Å². The number of rotatable bonds is 8. The molecule has 2 atom stereocenters. The molecule has 0 bridgehead atoms. The van der Waals surface area contributed by atoms with Gasteiger partial charge in [-0.25, -0.2) is 9.59 Å². The predicted molar refractivity (Wildman–Crippen MR) is 97.4 cm³/mol. The summed E-state index contributed by atoms with van der Waals surface area (Å²) in [7, 11) is 1.50. The van der Waals surface area contributed by atoms with Crippen molar-refractivity contribution in [3.8, 4) is 5.75 Å². The Hall–Kier alpha value is -2.84. The number of hydrogen-bond acceptors (Lipinski definition) is 7. The summed E-state index contributed by atoms with van der Waals surface area (Å²) in [5.74, 6) is -1.16. The Morgan fingerprint density at radius 1 is 1.22 bits per heavy atom. The molecule has 150 valence electrons. The van der Waals surface area contributed by atoms with E-state index in [0.29, 0.717) is 11.3 Å². The van der Waals surface area contributed by atoms with E-state index in [-0.39, 0.29) is 6.61 Å². The molecule has 1 amide bonds. The second-order valence-corrected chi connectivity index (χ2v) is 6.77. The number of nitro groups is 1. The van der Waals surface area contributed by atoms with Gasteiger partial charge in [0.2, 0.25) is 6.54 Å². The smallest absolute Gasteiger partial charge is 0.408 e. The highest BCUT2D eigenvalue weighted by Gasteiger charge is 2.37. The molecule has 0 radical (unpaired) electrons. The predicted octanol–water partition coefficient (Wildman–Crippen LogP) is 2.51. The van der Waals surface area contributed by atoms with Crippen molar-refractivity contribution < 1.29 is 28.7 Å². The third-order valence-corrected chi connectivity index (χ3v) is 3.50. The van der Waals surface area contributed by atoms with Crippen LogP contribution in [0, 0.1) is 10.1 Å². The maximum absolute atomic E-state index is 12.4. The van der Waals surface area contributed by atoms with Crippen LogP contribution in [0.1, 0.15) is 39.2 Å². The van der Waals surface area contributed by atoms with Crippen LogP contribution in [0.2, 0.25) is 0 Å². The molecule has 0 heterocycles. The lowest BCUT2D eigenvalue weighted by molar-refractivity contribution is -0.483. The second kappa shape index (κ2) is 9.75. The molecule has 1 rings (SSSR count). The standard InChI is InChI=1S/C18H26N2O7/c1-6-26-16(21)15(19-17(22)27-18(2,3)4)14(11-20(23)24)12-7-9-13(25-5)10-8-12/h7-10,14-15H,6,11H2,1-5H3,(H,19,22). The molecule has 0 aliphatic carbocycles. The van der Waals surface area contributed by atoms with Crippen molar-refractivity contribution in [1.82, 2.24) is 5.32 Å². The van der Waals surface area contributed by atoms with Gasteiger partial charge in [-0.1, -0.05) is 12.1 Å². The van der Waals surface area contributed by atoms with Crippen molar-refractivity contribution in [3.63, 3.8) is 0 Å². The first-order valence-electron chi connectivity index (χ1n) is 8.49. The van der Waals surface area contributed by atoms with Gasteiger partial charge in [0.05, 0.1) is 19.6 Å². The van der Waals surface area contributed by atoms with Crippen molar-refractivity contribution >= 4 is 12.1 Å². The largest absolute Gasteiger partial charge is 0.497 e. The van der Waals surface area contributed by atoms with Crippen LogP contribution in [0.5, 0.6) is 5.75 Å². The zero-order valence-corrected chi connectivity index (χ0v) is 16.2. The third kappa shape index (κ3) is 7.51. The number of alkyl carbamates (subject to hydrolysis) is 1. The number of hydrogen-bond donors (Lipinski definition) is 1. The maximum Gasteiger partial charge on any atom is 0.408 e. The number of esters is 1. The van der Waals surface area contributed by atoms with Gasteiger partial charge in [0, 0.05) is 4.92 Å². The minimum Gasteiger partial charge on any atom is -0.497 e. The van der Waals surface area contributed by atoms with Crippen LogP contribution in [0.3, 0.4) is 0 Å². The SMILES string of the molecule is CCOC(=O)C(NC(=O)OC(C)(C)C)C(C[N+](=O)[O-])c1ccc(OC)cc1. The molecule has 0 saturated carbocycles. The number of carbonyl (C=O) groups excluding carboxylic acids is 2. The molecule has 0 aliphatic heterocycles. The Labute approximate surface area is 158 Å². The van der Waals surface area contributed by atoms with Gasteiger partial charge < -0.3 is 19.5 Å². The third-order valence-electron chi connectivity index (χ3n) is 3.50. The van der Waals surface area contributed by atoms with Crippen LogP contribution >= 0.6 is 0 Å². The molecule has 0 fully saturated rings. The maximum atomic E-state index is 12.4. The molecular weight excluding hydrogens is 356 g/mol. The van der Waals surface area contributed by atoms with Gasteiger partial charge >= 0.3 is 12.1 Å². The summed E-state index contributed by atoms with van der Waals surface area (Å²) in [6, 6.07) is 5.18. The van der Waals surface area contributed by atoms with Crippen molar-refractivity contribution in [2.45, 2.75) is 45.3 Å². The minimum atomic E-state index is -1.28. The molecule has 0 aromatic heterocycles. The number of amides is 1. The topological polar surface area (TPSA) is 117 Å². The van der Waals surface area contributed by atoms with Gasteiger partial charge in [-0.05, 0) is 45.4 Å². The van der Waals surface area contributed by atoms with Gasteiger partial charge in [0.25, 0.3) is 0 Å². The molecule has 27 heavy (non-hydrogen) atoms. The summed E-state index contributed by atoms with van der Waals surface area (Å²) in [4.78, 5) is 35.2. The molecular formula is C18H26N2O7. The molecule has 0 spiro atoms. The highest BCUT2D eigenvalue weighted by molar-refractivity contribution is 5.82. The molecule has 1 aromatic rings. The fourth-order valence-corrected chi connectivity index (χ4v) is 2.41. The van der Waals surface area contributed by atoms with Crippen LogP contribution < -0.4 is 10.1 Å². The summed E-state index contributed by atoms with van der Waals surface area (Å²) >= 11 is 0. The summed E-state index contributed by atoms with van der Waals surface area (Å²) in [6.45, 7) is 6.11. The molecule has 1 aromatic carbocycles. The van der Waals surface area contributed by atoms with Gasteiger partial charge in [-0.3, -0.25) is 10.1 Å². The van der Waals surface area contributed by atoms with Crippen LogP contribution in [0.4, 0.5) is 4.79 Å². The van der Waals surface area contributed by atoms with E-state index in [2.05, 4.69) is 5.32 Å². The van der Waals surface area contributed by atoms with E-state index in [9.17, 15) is 19.7 Å². The lowest BCUT2D eigenvalue weighted by Gasteiger charge is -2.26. The summed E-state index contributed by atoms with van der Waals surface area (Å²) in [5.41, 5.74) is -0.302. The molecule has 0 saturated heterocycles. The first-order valence-corrected chi connectivity index (χ1v) is 8.49. The van der Waals surface area contributed by atoms with E-state index < -0.39 is 41.1 Å². The zero-order valence-electron chi connectivity index (χ0n) is 16.2. The van der Waals surface area contributed by atoms with Crippen molar-refractivity contribution in [2.75, 3.05) is 20.3 Å². The summed E-state index contributed by atoms with van der Waals surface area (Å²) in [6.07, 6.45) is -0.859. The number of nitrogens with zero attached hydrogens (tertiary/aromatic N) is 1. The molecule has 0 aliphatic rings. The number of methoxy groups -OCH3 is 1. The van der Waals surface area contributed by atoms with Crippen molar-refractivity contribution in [3.05, 3.63) is 39.9 Å². The number of benzene rings is 1. The van der Waals surface area contributed by atoms with Gasteiger partial charge in [0.1, 0.15) is 17.4 Å². The molecule has 9 nitrogen and oxygen atoms in total. The average molecular weight is 382 g/mol. The van der Waals surface area contributed by atoms with Gasteiger partial charge in [0.15, 0.2) is 0 Å². The number of nitrogens with one attached hydrogen (secondary N) is 1. The second-order valence-electron chi connectivity index (χ2n) is 6.77. The lowest BCUT2D eigenvalue weighted by Crippen LogP contribution is -2.49. The Balaban J connectivity index is 3.21. The van der Waals surface area contributed by atoms with Crippen LogP contribution in [-0.2, 0) is 14.3 Å². The first kappa shape index (κ1) is 22.2. The Bertz CT molecular complexity index is 653. The zero-order chi connectivity index (χ0) is 20.6. The fourth-order valence-electron chi connectivity index (χ4n) is 2.41. The minimum absolute atomic E-state index is 0.0686. The Morgan fingerprint density at radius 2 is 1.81 bits per heavy atom. The molecule has 9 heteroatoms. The molecule has 1 N–H and O–H groups in total. The first-order chi connectivity index (χ1) is 12.6. The monoisotopic (exact) mass is 382 g/mol. The average Bonchev–Trinajstić information content (AvgIpc) is 2.56. The van der Waals surface area contributed by atoms with E-state index in [4.69, 9.17) is 14.2 Å². The van der Waals surface area contributed by atoms with E-state index in [1.165, 1.54) is 7.11 Å². The van der Waals surface area contributed by atoms with Crippen LogP contribution in [0.15, 0.2) is 24.3 Å². The number of carbonyl (C=O) groups is 2. The Kier molecular flexibility index (Phi) is 8.01. The van der Waals surface area contributed by atoms with E-state index >= 15 is 0 Å². The van der Waals surface area contributed by atoms with E-state index in [1.807, 2.05) is 0 Å². The number of ether oxygens (including phenoxy) is 3. The fraction of sp³-hybridized carbons (Fsp3) is 0.556. The van der Waals surface area contributed by atoms with Crippen LogP contribution in [0.25, 0.3) is 0 Å². The summed E-state index contributed by atoms with van der Waals surface area (Å²) in [5, 5.41) is 13.6. The highest BCUT2D eigenvalue weighted by atomic mass is 16.6. The molecule has 2 unspecified atom stereocenters. The van der Waals surface area contributed by atoms with Gasteiger partial charge in [-0.2, -0.15) is 0 Å². The van der Waals surface area contributed by atoms with E-state index in [1.54, 1.807) is 52.0 Å². The van der Waals surface area contributed by atoms with Gasteiger partial charge in [-0.15, -0.1) is 0 Å².